The highest BCUT2D eigenvalue weighted by Gasteiger charge is 2.55. The number of hydrogen-bond donors (Lipinski definition) is 2. The summed E-state index contributed by atoms with van der Waals surface area (Å²) in [6.07, 6.45) is 9.75. The summed E-state index contributed by atoms with van der Waals surface area (Å²) in [7, 11) is 0. The summed E-state index contributed by atoms with van der Waals surface area (Å²) in [4.78, 5) is 11.9. The van der Waals surface area contributed by atoms with Gasteiger partial charge in [-0.15, -0.1) is 0 Å². The van der Waals surface area contributed by atoms with Crippen molar-refractivity contribution in [1.82, 2.24) is 10.6 Å². The molecule has 0 aromatic heterocycles. The SMILES string of the molecule is CCCCCNC1CCC2(CC1)CC2NC(=O)OC(C)(C)C. The van der Waals surface area contributed by atoms with E-state index in [1.54, 1.807) is 0 Å². The lowest BCUT2D eigenvalue weighted by atomic mass is 9.82. The highest BCUT2D eigenvalue weighted by molar-refractivity contribution is 5.68. The van der Waals surface area contributed by atoms with Gasteiger partial charge in [0.1, 0.15) is 5.60 Å². The second kappa shape index (κ2) is 7.20. The van der Waals surface area contributed by atoms with Gasteiger partial charge in [-0.05, 0) is 71.3 Å². The molecule has 1 atom stereocenters. The monoisotopic (exact) mass is 310 g/mol. The van der Waals surface area contributed by atoms with Gasteiger partial charge in [0.2, 0.25) is 0 Å². The molecule has 2 aliphatic rings. The Balaban J connectivity index is 1.64. The van der Waals surface area contributed by atoms with Crippen LogP contribution in [0.4, 0.5) is 4.79 Å². The maximum atomic E-state index is 11.9. The smallest absolute Gasteiger partial charge is 0.407 e. The van der Waals surface area contributed by atoms with Crippen LogP contribution in [-0.4, -0.2) is 30.3 Å². The number of amides is 1. The van der Waals surface area contributed by atoms with Gasteiger partial charge in [-0.1, -0.05) is 19.8 Å². The van der Waals surface area contributed by atoms with Crippen LogP contribution in [0.5, 0.6) is 0 Å². The van der Waals surface area contributed by atoms with E-state index in [0.717, 1.165) is 13.0 Å². The van der Waals surface area contributed by atoms with Crippen molar-refractivity contribution >= 4 is 6.09 Å². The van der Waals surface area contributed by atoms with E-state index in [0.29, 0.717) is 17.5 Å². The first-order chi connectivity index (χ1) is 10.3. The maximum Gasteiger partial charge on any atom is 0.407 e. The predicted molar refractivity (Wildman–Crippen MR) is 90.0 cm³/mol. The third kappa shape index (κ3) is 5.15. The van der Waals surface area contributed by atoms with Crippen LogP contribution in [0.25, 0.3) is 0 Å². The summed E-state index contributed by atoms with van der Waals surface area (Å²) >= 11 is 0. The largest absolute Gasteiger partial charge is 0.444 e. The van der Waals surface area contributed by atoms with Crippen molar-refractivity contribution in [3.05, 3.63) is 0 Å². The molecule has 0 heterocycles. The number of carbonyl (C=O) groups is 1. The Kier molecular flexibility index (Phi) is 5.76. The summed E-state index contributed by atoms with van der Waals surface area (Å²) in [5, 5.41) is 6.76. The molecule has 1 unspecified atom stereocenters. The highest BCUT2D eigenvalue weighted by atomic mass is 16.6. The Morgan fingerprint density at radius 2 is 1.91 bits per heavy atom. The summed E-state index contributed by atoms with van der Waals surface area (Å²) < 4.78 is 5.36. The Morgan fingerprint density at radius 1 is 1.23 bits per heavy atom. The van der Waals surface area contributed by atoms with Crippen LogP contribution in [-0.2, 0) is 4.74 Å². The zero-order valence-corrected chi connectivity index (χ0v) is 14.8. The molecule has 2 fully saturated rings. The van der Waals surface area contributed by atoms with Crippen molar-refractivity contribution < 1.29 is 9.53 Å². The molecule has 2 saturated carbocycles. The van der Waals surface area contributed by atoms with Gasteiger partial charge in [0.25, 0.3) is 0 Å². The van der Waals surface area contributed by atoms with Gasteiger partial charge in [-0.2, -0.15) is 0 Å². The molecular formula is C18H34N2O2. The fourth-order valence-electron chi connectivity index (χ4n) is 3.63. The lowest BCUT2D eigenvalue weighted by molar-refractivity contribution is 0.0512. The molecule has 2 rings (SSSR count). The van der Waals surface area contributed by atoms with Crippen LogP contribution in [0, 0.1) is 5.41 Å². The lowest BCUT2D eigenvalue weighted by Crippen LogP contribution is -2.39. The predicted octanol–water partition coefficient (Wildman–Crippen LogP) is 3.99. The molecule has 4 heteroatoms. The molecule has 0 aromatic rings. The molecule has 0 bridgehead atoms. The molecule has 22 heavy (non-hydrogen) atoms. The molecule has 2 N–H and O–H groups in total. The van der Waals surface area contributed by atoms with Gasteiger partial charge in [-0.3, -0.25) is 0 Å². The van der Waals surface area contributed by atoms with Gasteiger partial charge in [0, 0.05) is 12.1 Å². The number of alkyl carbamates (subject to hydrolysis) is 1. The van der Waals surface area contributed by atoms with E-state index in [1.807, 2.05) is 20.8 Å². The zero-order chi connectivity index (χ0) is 16.2. The third-order valence-electron chi connectivity index (χ3n) is 5.08. The number of unbranched alkanes of at least 4 members (excludes halogenated alkanes) is 2. The van der Waals surface area contributed by atoms with E-state index in [2.05, 4.69) is 17.6 Å². The zero-order valence-electron chi connectivity index (χ0n) is 14.8. The first-order valence-corrected chi connectivity index (χ1v) is 9.07. The fraction of sp³-hybridized carbons (Fsp3) is 0.944. The molecule has 1 amide bonds. The topological polar surface area (TPSA) is 50.4 Å². The van der Waals surface area contributed by atoms with Crippen LogP contribution < -0.4 is 10.6 Å². The Hall–Kier alpha value is -0.770. The van der Waals surface area contributed by atoms with Crippen molar-refractivity contribution in [3.8, 4) is 0 Å². The second-order valence-corrected chi connectivity index (χ2v) is 8.20. The highest BCUT2D eigenvalue weighted by Crippen LogP contribution is 2.56. The van der Waals surface area contributed by atoms with Crippen LogP contribution in [0.1, 0.15) is 79.1 Å². The maximum absolute atomic E-state index is 11.9. The summed E-state index contributed by atoms with van der Waals surface area (Å²) in [5.74, 6) is 0. The van der Waals surface area contributed by atoms with E-state index in [9.17, 15) is 4.79 Å². The quantitative estimate of drug-likeness (QED) is 0.729. The molecule has 2 aliphatic carbocycles. The van der Waals surface area contributed by atoms with Gasteiger partial charge in [-0.25, -0.2) is 4.79 Å². The number of rotatable bonds is 6. The van der Waals surface area contributed by atoms with Crippen molar-refractivity contribution in [1.29, 1.82) is 0 Å². The van der Waals surface area contributed by atoms with Crippen molar-refractivity contribution in [3.63, 3.8) is 0 Å². The lowest BCUT2D eigenvalue weighted by Gasteiger charge is -2.30. The summed E-state index contributed by atoms with van der Waals surface area (Å²) in [5.41, 5.74) is -0.0370. The van der Waals surface area contributed by atoms with Gasteiger partial charge in [0.15, 0.2) is 0 Å². The average molecular weight is 310 g/mol. The Morgan fingerprint density at radius 3 is 2.50 bits per heavy atom. The molecule has 0 radical (unpaired) electrons. The van der Waals surface area contributed by atoms with E-state index >= 15 is 0 Å². The number of carbonyl (C=O) groups excluding carboxylic acids is 1. The average Bonchev–Trinajstić information content (AvgIpc) is 3.07. The van der Waals surface area contributed by atoms with Crippen molar-refractivity contribution in [2.45, 2.75) is 96.7 Å². The van der Waals surface area contributed by atoms with Crippen LogP contribution in [0.3, 0.4) is 0 Å². The minimum Gasteiger partial charge on any atom is -0.444 e. The van der Waals surface area contributed by atoms with E-state index in [-0.39, 0.29) is 6.09 Å². The van der Waals surface area contributed by atoms with Crippen LogP contribution in [0.2, 0.25) is 0 Å². The molecule has 0 aliphatic heterocycles. The van der Waals surface area contributed by atoms with E-state index < -0.39 is 5.60 Å². The van der Waals surface area contributed by atoms with Gasteiger partial charge >= 0.3 is 6.09 Å². The Bertz CT molecular complexity index is 368. The van der Waals surface area contributed by atoms with Gasteiger partial charge in [0.05, 0.1) is 0 Å². The number of nitrogens with one attached hydrogen (secondary N) is 2. The summed E-state index contributed by atoms with van der Waals surface area (Å²) in [6.45, 7) is 9.13. The van der Waals surface area contributed by atoms with Crippen molar-refractivity contribution in [2.24, 2.45) is 5.41 Å². The molecule has 128 valence electrons. The normalized spacial score (nSPS) is 31.1. The minimum absolute atomic E-state index is 0.255. The minimum atomic E-state index is -0.411. The molecule has 4 nitrogen and oxygen atoms in total. The molecule has 1 spiro atoms. The third-order valence-corrected chi connectivity index (χ3v) is 5.08. The van der Waals surface area contributed by atoms with Crippen molar-refractivity contribution in [2.75, 3.05) is 6.54 Å². The number of ether oxygens (including phenoxy) is 1. The first-order valence-electron chi connectivity index (χ1n) is 9.07. The molecule has 0 saturated heterocycles. The fourth-order valence-corrected chi connectivity index (χ4v) is 3.63. The summed E-state index contributed by atoms with van der Waals surface area (Å²) in [6, 6.07) is 1.02. The van der Waals surface area contributed by atoms with Crippen LogP contribution >= 0.6 is 0 Å². The molecule has 0 aromatic carbocycles. The number of hydrogen-bond acceptors (Lipinski definition) is 3. The molecular weight excluding hydrogens is 276 g/mol. The first kappa shape index (κ1) is 17.6. The second-order valence-electron chi connectivity index (χ2n) is 8.20. The van der Waals surface area contributed by atoms with Crippen LogP contribution in [0.15, 0.2) is 0 Å². The van der Waals surface area contributed by atoms with Gasteiger partial charge < -0.3 is 15.4 Å². The van der Waals surface area contributed by atoms with E-state index in [1.165, 1.54) is 44.9 Å². The van der Waals surface area contributed by atoms with E-state index in [4.69, 9.17) is 4.74 Å². The Labute approximate surface area is 135 Å². The standard InChI is InChI=1S/C18H34N2O2/c1-5-6-7-12-19-14-8-10-18(11-9-14)13-15(18)20-16(21)22-17(2,3)4/h14-15,19H,5-13H2,1-4H3,(H,20,21).